The zero-order valence-corrected chi connectivity index (χ0v) is 11.6. The van der Waals surface area contributed by atoms with Crippen LogP contribution >= 0.6 is 0 Å². The van der Waals surface area contributed by atoms with Crippen LogP contribution in [0, 0.1) is 23.2 Å². The van der Waals surface area contributed by atoms with Gasteiger partial charge in [0, 0.05) is 0 Å². The van der Waals surface area contributed by atoms with Gasteiger partial charge >= 0.3 is 0 Å². The molecule has 92 valence electrons. The molecule has 0 radical (unpaired) electrons. The summed E-state index contributed by atoms with van der Waals surface area (Å²) in [5, 5.41) is 0. The third-order valence-electron chi connectivity index (χ3n) is 5.36. The molecule has 0 amide bonds. The largest absolute Gasteiger partial charge is 0.0842 e. The van der Waals surface area contributed by atoms with Crippen molar-refractivity contribution in [3.8, 4) is 0 Å². The van der Waals surface area contributed by atoms with E-state index in [1.54, 1.807) is 0 Å². The number of hydrogen-bond acceptors (Lipinski definition) is 0. The van der Waals surface area contributed by atoms with Crippen LogP contribution in [0.3, 0.4) is 0 Å². The van der Waals surface area contributed by atoms with E-state index in [4.69, 9.17) is 0 Å². The van der Waals surface area contributed by atoms with Crippen LogP contribution in [0.15, 0.2) is 11.6 Å². The minimum Gasteiger partial charge on any atom is -0.0842 e. The molecule has 0 aromatic rings. The molecule has 2 rings (SSSR count). The number of allylic oxidation sites excluding steroid dienone is 2. The summed E-state index contributed by atoms with van der Waals surface area (Å²) in [4.78, 5) is 0. The molecule has 4 atom stereocenters. The Morgan fingerprint density at radius 2 is 2.25 bits per heavy atom. The van der Waals surface area contributed by atoms with Gasteiger partial charge in [-0.15, -0.1) is 0 Å². The minimum atomic E-state index is 0.562. The standard InChI is InChI=1S/C16H28/c1-5-7-12(2)14-9-10-15-13(3)8-6-11-16(14,15)4/h9,12-13,15H,5-8,10-11H2,1-4H3/t12-,13?,15-,16+/m0/s1. The summed E-state index contributed by atoms with van der Waals surface area (Å²) >= 11 is 0. The normalized spacial score (nSPS) is 40.4. The number of rotatable bonds is 3. The van der Waals surface area contributed by atoms with Gasteiger partial charge in [-0.3, -0.25) is 0 Å². The highest BCUT2D eigenvalue weighted by atomic mass is 14.5. The molecule has 1 unspecified atom stereocenters. The van der Waals surface area contributed by atoms with Gasteiger partial charge in [0.05, 0.1) is 0 Å². The Labute approximate surface area is 102 Å². The van der Waals surface area contributed by atoms with Crippen LogP contribution < -0.4 is 0 Å². The third kappa shape index (κ3) is 1.85. The van der Waals surface area contributed by atoms with Crippen LogP contribution in [0.5, 0.6) is 0 Å². The SMILES string of the molecule is CCC[C@H](C)C1=CC[C@H]2C(C)CCC[C@]12C. The van der Waals surface area contributed by atoms with Crippen molar-refractivity contribution in [2.75, 3.05) is 0 Å². The number of fused-ring (bicyclic) bond motifs is 1. The quantitative estimate of drug-likeness (QED) is 0.574. The van der Waals surface area contributed by atoms with E-state index in [-0.39, 0.29) is 0 Å². The summed E-state index contributed by atoms with van der Waals surface area (Å²) in [6, 6.07) is 0. The fourth-order valence-corrected chi connectivity index (χ4v) is 4.50. The lowest BCUT2D eigenvalue weighted by atomic mass is 9.60. The van der Waals surface area contributed by atoms with Crippen molar-refractivity contribution in [1.29, 1.82) is 0 Å². The molecule has 2 aliphatic rings. The van der Waals surface area contributed by atoms with Gasteiger partial charge in [-0.05, 0) is 42.4 Å². The van der Waals surface area contributed by atoms with Gasteiger partial charge in [0.25, 0.3) is 0 Å². The van der Waals surface area contributed by atoms with E-state index in [2.05, 4.69) is 33.8 Å². The van der Waals surface area contributed by atoms with Crippen molar-refractivity contribution < 1.29 is 0 Å². The van der Waals surface area contributed by atoms with Gasteiger partial charge in [0.15, 0.2) is 0 Å². The van der Waals surface area contributed by atoms with E-state index < -0.39 is 0 Å². The first-order chi connectivity index (χ1) is 7.59. The fourth-order valence-electron chi connectivity index (χ4n) is 4.50. The first-order valence-corrected chi connectivity index (χ1v) is 7.30. The maximum absolute atomic E-state index is 2.60. The predicted octanol–water partition coefficient (Wildman–Crippen LogP) is 5.20. The molecule has 1 fully saturated rings. The lowest BCUT2D eigenvalue weighted by molar-refractivity contribution is 0.110. The zero-order chi connectivity index (χ0) is 11.8. The van der Waals surface area contributed by atoms with Crippen molar-refractivity contribution in [3.05, 3.63) is 11.6 Å². The van der Waals surface area contributed by atoms with Crippen LogP contribution in [0.1, 0.15) is 66.2 Å². The average molecular weight is 220 g/mol. The second-order valence-corrected chi connectivity index (χ2v) is 6.48. The second kappa shape index (κ2) is 4.55. The molecule has 0 aromatic heterocycles. The highest BCUT2D eigenvalue weighted by molar-refractivity contribution is 5.25. The smallest absolute Gasteiger partial charge is 0.00800 e. The van der Waals surface area contributed by atoms with Gasteiger partial charge in [0.1, 0.15) is 0 Å². The van der Waals surface area contributed by atoms with Crippen LogP contribution in [0.4, 0.5) is 0 Å². The van der Waals surface area contributed by atoms with E-state index in [9.17, 15) is 0 Å². The van der Waals surface area contributed by atoms with Gasteiger partial charge < -0.3 is 0 Å². The summed E-state index contributed by atoms with van der Waals surface area (Å²) in [6.07, 6.45) is 11.0. The average Bonchev–Trinajstić information content (AvgIpc) is 2.57. The molecule has 0 spiro atoms. The summed E-state index contributed by atoms with van der Waals surface area (Å²) in [6.45, 7) is 9.79. The van der Waals surface area contributed by atoms with E-state index >= 15 is 0 Å². The summed E-state index contributed by atoms with van der Waals surface area (Å²) in [7, 11) is 0. The van der Waals surface area contributed by atoms with E-state index in [1.165, 1.54) is 38.5 Å². The lowest BCUT2D eigenvalue weighted by Crippen LogP contribution is -2.35. The highest BCUT2D eigenvalue weighted by Crippen LogP contribution is 2.56. The monoisotopic (exact) mass is 220 g/mol. The van der Waals surface area contributed by atoms with Crippen LogP contribution in [0.25, 0.3) is 0 Å². The molecule has 0 aliphatic heterocycles. The zero-order valence-electron chi connectivity index (χ0n) is 11.6. The van der Waals surface area contributed by atoms with E-state index in [0.29, 0.717) is 5.41 Å². The Balaban J connectivity index is 2.16. The molecule has 16 heavy (non-hydrogen) atoms. The van der Waals surface area contributed by atoms with Gasteiger partial charge in [-0.1, -0.05) is 58.6 Å². The molecular formula is C16H28. The second-order valence-electron chi connectivity index (χ2n) is 6.48. The summed E-state index contributed by atoms with van der Waals surface area (Å²) in [5.74, 6) is 2.72. The number of hydrogen-bond donors (Lipinski definition) is 0. The molecule has 1 saturated carbocycles. The van der Waals surface area contributed by atoms with Gasteiger partial charge in [-0.2, -0.15) is 0 Å². The lowest BCUT2D eigenvalue weighted by Gasteiger charge is -2.44. The van der Waals surface area contributed by atoms with Crippen molar-refractivity contribution >= 4 is 0 Å². The van der Waals surface area contributed by atoms with Gasteiger partial charge in [0.2, 0.25) is 0 Å². The van der Waals surface area contributed by atoms with Crippen molar-refractivity contribution in [3.63, 3.8) is 0 Å². The first kappa shape index (κ1) is 12.2. The van der Waals surface area contributed by atoms with E-state index in [1.807, 2.05) is 5.57 Å². The maximum atomic E-state index is 2.60. The van der Waals surface area contributed by atoms with Crippen LogP contribution in [0.2, 0.25) is 0 Å². The fraction of sp³-hybridized carbons (Fsp3) is 0.875. The molecule has 0 aromatic carbocycles. The Morgan fingerprint density at radius 1 is 1.50 bits per heavy atom. The van der Waals surface area contributed by atoms with Crippen LogP contribution in [-0.2, 0) is 0 Å². The Morgan fingerprint density at radius 3 is 2.94 bits per heavy atom. The van der Waals surface area contributed by atoms with Crippen LogP contribution in [-0.4, -0.2) is 0 Å². The van der Waals surface area contributed by atoms with Crippen molar-refractivity contribution in [2.45, 2.75) is 66.2 Å². The summed E-state index contributed by atoms with van der Waals surface area (Å²) in [5.41, 5.74) is 2.37. The van der Waals surface area contributed by atoms with Crippen molar-refractivity contribution in [2.24, 2.45) is 23.2 Å². The minimum absolute atomic E-state index is 0.562. The first-order valence-electron chi connectivity index (χ1n) is 7.30. The highest BCUT2D eigenvalue weighted by Gasteiger charge is 2.46. The van der Waals surface area contributed by atoms with Gasteiger partial charge in [-0.25, -0.2) is 0 Å². The molecule has 0 saturated heterocycles. The molecule has 0 N–H and O–H groups in total. The molecule has 0 heteroatoms. The Kier molecular flexibility index (Phi) is 3.47. The molecule has 0 nitrogen and oxygen atoms in total. The predicted molar refractivity (Wildman–Crippen MR) is 71.4 cm³/mol. The Bertz CT molecular complexity index is 276. The topological polar surface area (TPSA) is 0 Å². The molecule has 2 aliphatic carbocycles. The molecular weight excluding hydrogens is 192 g/mol. The summed E-state index contributed by atoms with van der Waals surface area (Å²) < 4.78 is 0. The van der Waals surface area contributed by atoms with Crippen molar-refractivity contribution in [1.82, 2.24) is 0 Å². The van der Waals surface area contributed by atoms with E-state index in [0.717, 1.165) is 17.8 Å². The third-order valence-corrected chi connectivity index (χ3v) is 5.36. The maximum Gasteiger partial charge on any atom is -0.00800 e. The molecule has 0 heterocycles. The molecule has 0 bridgehead atoms. The Hall–Kier alpha value is -0.260.